The fourth-order valence-electron chi connectivity index (χ4n) is 1.78. The Kier molecular flexibility index (Phi) is 6.53. The van der Waals surface area contributed by atoms with E-state index in [-0.39, 0.29) is 0 Å². The van der Waals surface area contributed by atoms with Crippen LogP contribution < -0.4 is 10.1 Å². The molecule has 96 valence electrons. The normalized spacial score (nSPS) is 12.2. The van der Waals surface area contributed by atoms with Crippen LogP contribution in [-0.4, -0.2) is 13.2 Å². The van der Waals surface area contributed by atoms with Crippen LogP contribution in [0.1, 0.15) is 40.0 Å². The molecule has 2 heteroatoms. The zero-order valence-electron chi connectivity index (χ0n) is 11.3. The molecule has 0 heterocycles. The fourth-order valence-corrected chi connectivity index (χ4v) is 1.78. The first-order chi connectivity index (χ1) is 8.26. The molecule has 0 saturated heterocycles. The summed E-state index contributed by atoms with van der Waals surface area (Å²) in [7, 11) is 0. The fraction of sp³-hybridized carbons (Fsp3) is 0.600. The molecule has 0 saturated carbocycles. The van der Waals surface area contributed by atoms with Gasteiger partial charge in [-0.05, 0) is 43.0 Å². The van der Waals surface area contributed by atoms with E-state index in [0.29, 0.717) is 0 Å². The van der Waals surface area contributed by atoms with E-state index in [2.05, 4.69) is 38.2 Å². The van der Waals surface area contributed by atoms with Crippen LogP contribution in [-0.2, 0) is 0 Å². The highest BCUT2D eigenvalue weighted by Crippen LogP contribution is 2.16. The zero-order chi connectivity index (χ0) is 12.5. The monoisotopic (exact) mass is 235 g/mol. The van der Waals surface area contributed by atoms with Crippen molar-refractivity contribution in [3.8, 4) is 5.75 Å². The number of anilines is 1. The van der Waals surface area contributed by atoms with E-state index < -0.39 is 0 Å². The van der Waals surface area contributed by atoms with Gasteiger partial charge in [-0.25, -0.2) is 0 Å². The van der Waals surface area contributed by atoms with Gasteiger partial charge in [0.15, 0.2) is 0 Å². The Morgan fingerprint density at radius 3 is 2.41 bits per heavy atom. The second kappa shape index (κ2) is 7.99. The summed E-state index contributed by atoms with van der Waals surface area (Å²) in [6.45, 7) is 8.47. The summed E-state index contributed by atoms with van der Waals surface area (Å²) in [6, 6.07) is 8.23. The Labute approximate surface area is 105 Å². The zero-order valence-corrected chi connectivity index (χ0v) is 11.3. The van der Waals surface area contributed by atoms with Gasteiger partial charge in [-0.2, -0.15) is 0 Å². The predicted molar refractivity (Wildman–Crippen MR) is 74.8 cm³/mol. The molecule has 0 amide bonds. The Hall–Kier alpha value is -1.18. The van der Waals surface area contributed by atoms with E-state index in [1.54, 1.807) is 0 Å². The SMILES string of the molecule is CCCOc1ccc(NCC(C)CCC)cc1. The largest absolute Gasteiger partial charge is 0.494 e. The van der Waals surface area contributed by atoms with Crippen molar-refractivity contribution in [1.82, 2.24) is 0 Å². The molecule has 0 aliphatic heterocycles. The van der Waals surface area contributed by atoms with Crippen molar-refractivity contribution in [3.05, 3.63) is 24.3 Å². The van der Waals surface area contributed by atoms with Crippen molar-refractivity contribution in [3.63, 3.8) is 0 Å². The van der Waals surface area contributed by atoms with Crippen LogP contribution in [0, 0.1) is 5.92 Å². The van der Waals surface area contributed by atoms with Crippen molar-refractivity contribution in [1.29, 1.82) is 0 Å². The lowest BCUT2D eigenvalue weighted by atomic mass is 10.1. The molecule has 1 N–H and O–H groups in total. The van der Waals surface area contributed by atoms with Crippen molar-refractivity contribution >= 4 is 5.69 Å². The van der Waals surface area contributed by atoms with Gasteiger partial charge >= 0.3 is 0 Å². The molecule has 1 aromatic carbocycles. The molecule has 0 spiro atoms. The van der Waals surface area contributed by atoms with Crippen LogP contribution in [0.4, 0.5) is 5.69 Å². The highest BCUT2D eigenvalue weighted by Gasteiger charge is 2.00. The molecular formula is C15H25NO. The molecule has 0 aliphatic carbocycles. The standard InChI is InChI=1S/C15H25NO/c1-4-6-13(3)12-16-14-7-9-15(10-8-14)17-11-5-2/h7-10,13,16H,4-6,11-12H2,1-3H3. The van der Waals surface area contributed by atoms with E-state index >= 15 is 0 Å². The minimum atomic E-state index is 0.732. The quantitative estimate of drug-likeness (QED) is 0.724. The van der Waals surface area contributed by atoms with Crippen LogP contribution >= 0.6 is 0 Å². The highest BCUT2D eigenvalue weighted by molar-refractivity contribution is 5.46. The molecule has 0 aromatic heterocycles. The van der Waals surface area contributed by atoms with Crippen molar-refractivity contribution in [2.24, 2.45) is 5.92 Å². The molecule has 1 aromatic rings. The van der Waals surface area contributed by atoms with E-state index in [9.17, 15) is 0 Å². The van der Waals surface area contributed by atoms with Gasteiger partial charge in [-0.3, -0.25) is 0 Å². The lowest BCUT2D eigenvalue weighted by Crippen LogP contribution is -2.10. The van der Waals surface area contributed by atoms with Crippen LogP contribution in [0.5, 0.6) is 5.75 Å². The summed E-state index contributed by atoms with van der Waals surface area (Å²) >= 11 is 0. The van der Waals surface area contributed by atoms with Gasteiger partial charge in [0.05, 0.1) is 6.61 Å². The Morgan fingerprint density at radius 1 is 1.12 bits per heavy atom. The molecule has 1 atom stereocenters. The van der Waals surface area contributed by atoms with Crippen molar-refractivity contribution < 1.29 is 4.74 Å². The topological polar surface area (TPSA) is 21.3 Å². The summed E-state index contributed by atoms with van der Waals surface area (Å²) in [5.41, 5.74) is 1.18. The van der Waals surface area contributed by atoms with Gasteiger partial charge in [-0.15, -0.1) is 0 Å². The molecule has 2 nitrogen and oxygen atoms in total. The van der Waals surface area contributed by atoms with Gasteiger partial charge in [0.2, 0.25) is 0 Å². The summed E-state index contributed by atoms with van der Waals surface area (Å²) in [5.74, 6) is 1.69. The Bertz CT molecular complexity index is 294. The molecule has 0 bridgehead atoms. The van der Waals surface area contributed by atoms with Crippen LogP contribution in [0.15, 0.2) is 24.3 Å². The summed E-state index contributed by atoms with van der Waals surface area (Å²) in [5, 5.41) is 3.46. The molecular weight excluding hydrogens is 210 g/mol. The Balaban J connectivity index is 2.34. The van der Waals surface area contributed by atoms with Crippen LogP contribution in [0.3, 0.4) is 0 Å². The Morgan fingerprint density at radius 2 is 1.82 bits per heavy atom. The van der Waals surface area contributed by atoms with E-state index in [1.165, 1.54) is 18.5 Å². The molecule has 1 unspecified atom stereocenters. The molecule has 1 rings (SSSR count). The number of benzene rings is 1. The minimum Gasteiger partial charge on any atom is -0.494 e. The van der Waals surface area contributed by atoms with Gasteiger partial charge in [-0.1, -0.05) is 27.2 Å². The number of rotatable bonds is 8. The maximum Gasteiger partial charge on any atom is 0.119 e. The predicted octanol–water partition coefficient (Wildman–Crippen LogP) is 4.32. The average Bonchev–Trinajstić information content (AvgIpc) is 2.35. The maximum atomic E-state index is 5.55. The van der Waals surface area contributed by atoms with Crippen LogP contribution in [0.2, 0.25) is 0 Å². The second-order valence-electron chi connectivity index (χ2n) is 4.65. The minimum absolute atomic E-state index is 0.732. The van der Waals surface area contributed by atoms with Gasteiger partial charge in [0, 0.05) is 12.2 Å². The van der Waals surface area contributed by atoms with E-state index in [4.69, 9.17) is 4.74 Å². The summed E-state index contributed by atoms with van der Waals surface area (Å²) in [6.07, 6.45) is 3.59. The first kappa shape index (κ1) is 13.9. The second-order valence-corrected chi connectivity index (χ2v) is 4.65. The number of hydrogen-bond acceptors (Lipinski definition) is 2. The smallest absolute Gasteiger partial charge is 0.119 e. The lowest BCUT2D eigenvalue weighted by molar-refractivity contribution is 0.317. The lowest BCUT2D eigenvalue weighted by Gasteiger charge is -2.13. The third-order valence-electron chi connectivity index (χ3n) is 2.76. The first-order valence-electron chi connectivity index (χ1n) is 6.73. The molecule has 0 fully saturated rings. The summed E-state index contributed by atoms with van der Waals surface area (Å²) < 4.78 is 5.55. The third kappa shape index (κ3) is 5.62. The van der Waals surface area contributed by atoms with Crippen molar-refractivity contribution in [2.45, 2.75) is 40.0 Å². The number of ether oxygens (including phenoxy) is 1. The average molecular weight is 235 g/mol. The highest BCUT2D eigenvalue weighted by atomic mass is 16.5. The first-order valence-corrected chi connectivity index (χ1v) is 6.73. The number of nitrogens with one attached hydrogen (secondary N) is 1. The van der Waals surface area contributed by atoms with Gasteiger partial charge in [0.25, 0.3) is 0 Å². The summed E-state index contributed by atoms with van der Waals surface area (Å²) in [4.78, 5) is 0. The van der Waals surface area contributed by atoms with E-state index in [1.807, 2.05) is 12.1 Å². The maximum absolute atomic E-state index is 5.55. The number of hydrogen-bond donors (Lipinski definition) is 1. The third-order valence-corrected chi connectivity index (χ3v) is 2.76. The van der Waals surface area contributed by atoms with E-state index in [0.717, 1.165) is 31.2 Å². The molecule has 17 heavy (non-hydrogen) atoms. The van der Waals surface area contributed by atoms with Crippen LogP contribution in [0.25, 0.3) is 0 Å². The van der Waals surface area contributed by atoms with Gasteiger partial charge in [0.1, 0.15) is 5.75 Å². The molecule has 0 aliphatic rings. The molecule has 0 radical (unpaired) electrons. The van der Waals surface area contributed by atoms with Crippen molar-refractivity contribution in [2.75, 3.05) is 18.5 Å². The van der Waals surface area contributed by atoms with Gasteiger partial charge < -0.3 is 10.1 Å².